The van der Waals surface area contributed by atoms with E-state index in [-0.39, 0.29) is 0 Å². The maximum Gasteiger partial charge on any atom is 0.160 e. The van der Waals surface area contributed by atoms with E-state index >= 15 is 0 Å². The largest absolute Gasteiger partial charge is 0.387 e. The molecule has 0 unspecified atom stereocenters. The van der Waals surface area contributed by atoms with Gasteiger partial charge in [-0.3, -0.25) is 4.98 Å². The summed E-state index contributed by atoms with van der Waals surface area (Å²) in [5.41, 5.74) is 2.00. The van der Waals surface area contributed by atoms with Crippen molar-refractivity contribution < 1.29 is 8.78 Å². The third-order valence-corrected chi connectivity index (χ3v) is 2.24. The lowest BCUT2D eigenvalue weighted by atomic mass is 10.3. The first kappa shape index (κ1) is 11.3. The van der Waals surface area contributed by atoms with Crippen LogP contribution >= 0.6 is 0 Å². The van der Waals surface area contributed by atoms with Crippen molar-refractivity contribution in [2.75, 3.05) is 17.7 Å². The molecule has 2 aromatic rings. The van der Waals surface area contributed by atoms with Gasteiger partial charge in [0.1, 0.15) is 0 Å². The molecule has 1 aromatic carbocycles. The van der Waals surface area contributed by atoms with Crippen molar-refractivity contribution in [2.45, 2.75) is 0 Å². The van der Waals surface area contributed by atoms with Crippen LogP contribution in [0.2, 0.25) is 0 Å². The topological polar surface area (TPSA) is 37.0 Å². The highest BCUT2D eigenvalue weighted by atomic mass is 19.2. The maximum absolute atomic E-state index is 13.0. The molecule has 17 heavy (non-hydrogen) atoms. The number of pyridine rings is 1. The van der Waals surface area contributed by atoms with Gasteiger partial charge in [0, 0.05) is 18.8 Å². The predicted molar refractivity (Wildman–Crippen MR) is 63.4 cm³/mol. The van der Waals surface area contributed by atoms with E-state index in [9.17, 15) is 8.78 Å². The quantitative estimate of drug-likeness (QED) is 0.858. The number of nitrogens with zero attached hydrogens (tertiary/aromatic N) is 1. The van der Waals surface area contributed by atoms with E-state index in [0.29, 0.717) is 11.4 Å². The molecule has 3 nitrogen and oxygen atoms in total. The molecule has 0 amide bonds. The molecule has 0 bridgehead atoms. The molecule has 2 rings (SSSR count). The molecule has 0 atom stereocenters. The Balaban J connectivity index is 2.22. The number of hydrogen-bond donors (Lipinski definition) is 2. The van der Waals surface area contributed by atoms with Crippen molar-refractivity contribution in [3.05, 3.63) is 48.3 Å². The molecule has 0 saturated heterocycles. The zero-order valence-electron chi connectivity index (χ0n) is 9.17. The second-order valence-electron chi connectivity index (χ2n) is 3.47. The van der Waals surface area contributed by atoms with Crippen molar-refractivity contribution in [2.24, 2.45) is 0 Å². The van der Waals surface area contributed by atoms with Gasteiger partial charge in [-0.05, 0) is 18.2 Å². The van der Waals surface area contributed by atoms with Crippen LogP contribution < -0.4 is 10.6 Å². The molecular formula is C12H11F2N3. The molecule has 88 valence electrons. The second kappa shape index (κ2) is 4.78. The summed E-state index contributed by atoms with van der Waals surface area (Å²) in [5.74, 6) is -1.75. The van der Waals surface area contributed by atoms with Gasteiger partial charge in [0.25, 0.3) is 0 Å². The molecule has 0 spiro atoms. The lowest BCUT2D eigenvalue weighted by Crippen LogP contribution is -1.95. The number of anilines is 3. The monoisotopic (exact) mass is 235 g/mol. The summed E-state index contributed by atoms with van der Waals surface area (Å²) >= 11 is 0. The first-order valence-electron chi connectivity index (χ1n) is 5.04. The fourth-order valence-corrected chi connectivity index (χ4v) is 1.39. The van der Waals surface area contributed by atoms with Crippen LogP contribution in [0.15, 0.2) is 36.7 Å². The van der Waals surface area contributed by atoms with Gasteiger partial charge in [0.05, 0.1) is 23.8 Å². The van der Waals surface area contributed by atoms with Crippen LogP contribution in [0, 0.1) is 11.6 Å². The minimum atomic E-state index is -0.882. The Morgan fingerprint density at radius 1 is 0.941 bits per heavy atom. The molecule has 5 heteroatoms. The summed E-state index contributed by atoms with van der Waals surface area (Å²) in [4.78, 5) is 4.00. The molecule has 0 aliphatic rings. The van der Waals surface area contributed by atoms with Gasteiger partial charge in [-0.15, -0.1) is 0 Å². The second-order valence-corrected chi connectivity index (χ2v) is 3.47. The average molecular weight is 235 g/mol. The standard InChI is InChI=1S/C12H11F2N3/c1-15-9-4-10(7-16-6-9)17-8-2-3-11(13)12(14)5-8/h2-7,15,17H,1H3. The van der Waals surface area contributed by atoms with E-state index in [1.54, 1.807) is 19.4 Å². The Hall–Kier alpha value is -2.17. The van der Waals surface area contributed by atoms with Crippen LogP contribution in [0.25, 0.3) is 0 Å². The SMILES string of the molecule is CNc1cncc(Nc2ccc(F)c(F)c2)c1. The van der Waals surface area contributed by atoms with Gasteiger partial charge >= 0.3 is 0 Å². The highest BCUT2D eigenvalue weighted by molar-refractivity contribution is 5.62. The molecular weight excluding hydrogens is 224 g/mol. The molecule has 1 aromatic heterocycles. The van der Waals surface area contributed by atoms with Gasteiger partial charge in [-0.25, -0.2) is 8.78 Å². The van der Waals surface area contributed by atoms with Gasteiger partial charge in [0.2, 0.25) is 0 Å². The minimum Gasteiger partial charge on any atom is -0.387 e. The molecule has 0 saturated carbocycles. The number of nitrogens with one attached hydrogen (secondary N) is 2. The van der Waals surface area contributed by atoms with Crippen LogP contribution in [-0.4, -0.2) is 12.0 Å². The normalized spacial score (nSPS) is 10.1. The van der Waals surface area contributed by atoms with Gasteiger partial charge < -0.3 is 10.6 Å². The fourth-order valence-electron chi connectivity index (χ4n) is 1.39. The Morgan fingerprint density at radius 2 is 1.71 bits per heavy atom. The third-order valence-electron chi connectivity index (χ3n) is 2.24. The molecule has 2 N–H and O–H groups in total. The van der Waals surface area contributed by atoms with Crippen LogP contribution in [0.4, 0.5) is 25.8 Å². The molecule has 0 aliphatic heterocycles. The summed E-state index contributed by atoms with van der Waals surface area (Å²) in [6, 6.07) is 5.45. The van der Waals surface area contributed by atoms with Crippen molar-refractivity contribution in [1.82, 2.24) is 4.98 Å². The van der Waals surface area contributed by atoms with Gasteiger partial charge in [-0.1, -0.05) is 0 Å². The van der Waals surface area contributed by atoms with E-state index in [1.807, 2.05) is 6.07 Å². The fraction of sp³-hybridized carbons (Fsp3) is 0.0833. The van der Waals surface area contributed by atoms with Crippen LogP contribution in [0.5, 0.6) is 0 Å². The Bertz CT molecular complexity index is 529. The highest BCUT2D eigenvalue weighted by Gasteiger charge is 2.03. The Morgan fingerprint density at radius 3 is 2.41 bits per heavy atom. The summed E-state index contributed by atoms with van der Waals surface area (Å²) in [7, 11) is 1.78. The van der Waals surface area contributed by atoms with E-state index in [1.165, 1.54) is 6.07 Å². The number of halogens is 2. The lowest BCUT2D eigenvalue weighted by Gasteiger charge is -2.07. The smallest absolute Gasteiger partial charge is 0.160 e. The van der Waals surface area contributed by atoms with Gasteiger partial charge in [0.15, 0.2) is 11.6 Å². The zero-order valence-corrected chi connectivity index (χ0v) is 9.17. The minimum absolute atomic E-state index is 0.471. The van der Waals surface area contributed by atoms with Crippen molar-refractivity contribution in [3.63, 3.8) is 0 Å². The summed E-state index contributed by atoms with van der Waals surface area (Å²) in [6.07, 6.45) is 3.26. The molecule has 0 aliphatic carbocycles. The highest BCUT2D eigenvalue weighted by Crippen LogP contribution is 2.20. The van der Waals surface area contributed by atoms with Crippen LogP contribution in [-0.2, 0) is 0 Å². The lowest BCUT2D eigenvalue weighted by molar-refractivity contribution is 0.509. The van der Waals surface area contributed by atoms with E-state index < -0.39 is 11.6 Å². The van der Waals surface area contributed by atoms with Crippen LogP contribution in [0.1, 0.15) is 0 Å². The van der Waals surface area contributed by atoms with Crippen molar-refractivity contribution >= 4 is 17.1 Å². The number of rotatable bonds is 3. The maximum atomic E-state index is 13.0. The molecule has 0 radical (unpaired) electrons. The third kappa shape index (κ3) is 2.69. The summed E-state index contributed by atoms with van der Waals surface area (Å²) in [5, 5.41) is 5.87. The summed E-state index contributed by atoms with van der Waals surface area (Å²) < 4.78 is 25.7. The first-order valence-corrected chi connectivity index (χ1v) is 5.04. The molecule has 0 fully saturated rings. The number of aromatic nitrogens is 1. The van der Waals surface area contributed by atoms with Gasteiger partial charge in [-0.2, -0.15) is 0 Å². The number of hydrogen-bond acceptors (Lipinski definition) is 3. The van der Waals surface area contributed by atoms with E-state index in [4.69, 9.17) is 0 Å². The Kier molecular flexibility index (Phi) is 3.18. The van der Waals surface area contributed by atoms with Crippen molar-refractivity contribution in [3.8, 4) is 0 Å². The molecule has 1 heterocycles. The van der Waals surface area contributed by atoms with E-state index in [0.717, 1.165) is 17.8 Å². The average Bonchev–Trinajstić information content (AvgIpc) is 2.34. The predicted octanol–water partition coefficient (Wildman–Crippen LogP) is 3.15. The van der Waals surface area contributed by atoms with Crippen molar-refractivity contribution in [1.29, 1.82) is 0 Å². The number of benzene rings is 1. The Labute approximate surface area is 97.5 Å². The van der Waals surface area contributed by atoms with E-state index in [2.05, 4.69) is 15.6 Å². The summed E-state index contributed by atoms with van der Waals surface area (Å²) in [6.45, 7) is 0. The first-order chi connectivity index (χ1) is 8.19. The van der Waals surface area contributed by atoms with Crippen LogP contribution in [0.3, 0.4) is 0 Å². The zero-order chi connectivity index (χ0) is 12.3.